The first-order chi connectivity index (χ1) is 11.8. The number of allylic oxidation sites excluding steroid dienone is 1. The number of fused-ring (bicyclic) bond motifs is 5. The molecule has 0 unspecified atom stereocenters. The van der Waals surface area contributed by atoms with Crippen LogP contribution in [0, 0.1) is 51.8 Å². The summed E-state index contributed by atoms with van der Waals surface area (Å²) < 4.78 is 0. The van der Waals surface area contributed by atoms with Crippen molar-refractivity contribution in [1.82, 2.24) is 0 Å². The minimum Gasteiger partial charge on any atom is -0.393 e. The number of carbonyl (C=O) groups excluding carboxylic acids is 1. The molecule has 8 atom stereocenters. The molecule has 0 heterocycles. The third-order valence-corrected chi connectivity index (χ3v) is 8.74. The number of rotatable bonds is 1. The Kier molecular flexibility index (Phi) is 3.93. The summed E-state index contributed by atoms with van der Waals surface area (Å²) in [4.78, 5) is 12.4. The van der Waals surface area contributed by atoms with E-state index in [0.717, 1.165) is 38.5 Å². The van der Waals surface area contributed by atoms with Gasteiger partial charge < -0.3 is 5.11 Å². The van der Waals surface area contributed by atoms with Crippen LogP contribution in [0.25, 0.3) is 0 Å². The molecule has 25 heavy (non-hydrogen) atoms. The van der Waals surface area contributed by atoms with Crippen LogP contribution in [0.2, 0.25) is 0 Å². The van der Waals surface area contributed by atoms with Gasteiger partial charge in [-0.05, 0) is 80.5 Å². The number of aliphatic hydroxyl groups excluding tert-OH is 1. The van der Waals surface area contributed by atoms with Crippen LogP contribution in [-0.2, 0) is 4.79 Å². The maximum absolute atomic E-state index is 12.4. The van der Waals surface area contributed by atoms with Crippen LogP contribution >= 0.6 is 0 Å². The van der Waals surface area contributed by atoms with Gasteiger partial charge in [0.05, 0.1) is 18.1 Å². The Hall–Kier alpha value is -1.14. The summed E-state index contributed by atoms with van der Waals surface area (Å²) >= 11 is 0. The zero-order valence-corrected chi connectivity index (χ0v) is 15.8. The first-order valence-corrected chi connectivity index (χ1v) is 10.1. The molecule has 4 rings (SSSR count). The highest BCUT2D eigenvalue weighted by Crippen LogP contribution is 2.67. The molecule has 0 radical (unpaired) electrons. The van der Waals surface area contributed by atoms with E-state index in [-0.39, 0.29) is 34.6 Å². The van der Waals surface area contributed by atoms with E-state index in [1.165, 1.54) is 12.0 Å². The first-order valence-electron chi connectivity index (χ1n) is 10.1. The van der Waals surface area contributed by atoms with E-state index >= 15 is 0 Å². The summed E-state index contributed by atoms with van der Waals surface area (Å²) in [5.74, 6) is 1.79. The third-order valence-electron chi connectivity index (χ3n) is 8.74. The monoisotopic (exact) mass is 341 g/mol. The number of Topliss-reactive ketones (excluding diaryl/α,β-unsaturated/α-hetero) is 1. The SMILES string of the molecule is CC(=O)[C@@H]1[C@H](C#N)C[C@H]2[C@H]3CC=C4C[C@@H](O)CC[C@]4(C)[C@H]3CC[C@]12C. The zero-order chi connectivity index (χ0) is 18.0. The molecule has 0 aromatic heterocycles. The van der Waals surface area contributed by atoms with Crippen LogP contribution in [-0.4, -0.2) is 17.0 Å². The molecular formula is C22H31NO2. The topological polar surface area (TPSA) is 61.1 Å². The van der Waals surface area contributed by atoms with Crippen molar-refractivity contribution >= 4 is 5.78 Å². The van der Waals surface area contributed by atoms with Gasteiger partial charge in [-0.25, -0.2) is 0 Å². The van der Waals surface area contributed by atoms with Crippen molar-refractivity contribution in [3.8, 4) is 6.07 Å². The van der Waals surface area contributed by atoms with Crippen molar-refractivity contribution in [2.45, 2.75) is 71.8 Å². The maximum Gasteiger partial charge on any atom is 0.134 e. The molecule has 0 aromatic rings. The first kappa shape index (κ1) is 17.3. The van der Waals surface area contributed by atoms with E-state index in [4.69, 9.17) is 0 Å². The van der Waals surface area contributed by atoms with Gasteiger partial charge in [0, 0.05) is 5.92 Å². The highest BCUT2D eigenvalue weighted by molar-refractivity contribution is 5.80. The molecule has 3 fully saturated rings. The van der Waals surface area contributed by atoms with E-state index in [1.807, 2.05) is 0 Å². The molecule has 4 aliphatic carbocycles. The van der Waals surface area contributed by atoms with Crippen LogP contribution in [0.15, 0.2) is 11.6 Å². The predicted molar refractivity (Wildman–Crippen MR) is 96.4 cm³/mol. The Labute approximate surface area is 151 Å². The zero-order valence-electron chi connectivity index (χ0n) is 15.8. The van der Waals surface area contributed by atoms with Crippen molar-refractivity contribution in [2.75, 3.05) is 0 Å². The van der Waals surface area contributed by atoms with Crippen LogP contribution in [0.1, 0.15) is 65.7 Å². The second-order valence-corrected chi connectivity index (χ2v) is 9.76. The summed E-state index contributed by atoms with van der Waals surface area (Å²) in [7, 11) is 0. The number of nitriles is 1. The van der Waals surface area contributed by atoms with Crippen molar-refractivity contribution in [2.24, 2.45) is 40.4 Å². The number of aliphatic hydroxyl groups is 1. The summed E-state index contributed by atoms with van der Waals surface area (Å²) in [5, 5.41) is 19.8. The standard InChI is InChI=1S/C22H31NO2/c1-13(24)20-14(12-23)10-19-17-5-4-15-11-16(25)6-8-21(15,2)18(17)7-9-22(19,20)3/h4,14,16-20,25H,5-11H2,1-3H3/t14-,16-,17-,18-,19-,20+,21-,22-/m0/s1. The molecule has 3 saturated carbocycles. The van der Waals surface area contributed by atoms with Crippen LogP contribution < -0.4 is 0 Å². The fraction of sp³-hybridized carbons (Fsp3) is 0.818. The van der Waals surface area contributed by atoms with Gasteiger partial charge in [-0.2, -0.15) is 5.26 Å². The smallest absolute Gasteiger partial charge is 0.134 e. The lowest BCUT2D eigenvalue weighted by Crippen LogP contribution is -2.51. The molecule has 3 nitrogen and oxygen atoms in total. The Morgan fingerprint density at radius 2 is 2.04 bits per heavy atom. The molecule has 136 valence electrons. The second-order valence-electron chi connectivity index (χ2n) is 9.76. The van der Waals surface area contributed by atoms with E-state index < -0.39 is 0 Å². The summed E-state index contributed by atoms with van der Waals surface area (Å²) in [6.07, 6.45) is 9.32. The number of ketones is 1. The minimum atomic E-state index is -0.165. The van der Waals surface area contributed by atoms with Gasteiger partial charge in [0.25, 0.3) is 0 Å². The van der Waals surface area contributed by atoms with Gasteiger partial charge in [0.15, 0.2) is 0 Å². The van der Waals surface area contributed by atoms with Crippen molar-refractivity contribution in [3.63, 3.8) is 0 Å². The van der Waals surface area contributed by atoms with Crippen molar-refractivity contribution in [1.29, 1.82) is 5.26 Å². The lowest BCUT2D eigenvalue weighted by molar-refractivity contribution is -0.128. The molecule has 1 N–H and O–H groups in total. The average molecular weight is 341 g/mol. The Morgan fingerprint density at radius 3 is 2.72 bits per heavy atom. The number of carbonyl (C=O) groups is 1. The number of hydrogen-bond donors (Lipinski definition) is 1. The minimum absolute atomic E-state index is 0.00325. The summed E-state index contributed by atoms with van der Waals surface area (Å²) in [5.41, 5.74) is 1.71. The molecule has 4 aliphatic rings. The second kappa shape index (κ2) is 5.68. The van der Waals surface area contributed by atoms with Crippen molar-refractivity contribution < 1.29 is 9.90 Å². The van der Waals surface area contributed by atoms with E-state index in [0.29, 0.717) is 17.8 Å². The fourth-order valence-electron chi connectivity index (χ4n) is 7.56. The van der Waals surface area contributed by atoms with Gasteiger partial charge in [-0.15, -0.1) is 0 Å². The molecule has 0 aliphatic heterocycles. The highest BCUT2D eigenvalue weighted by Gasteiger charge is 2.62. The molecule has 0 bridgehead atoms. The predicted octanol–water partition coefficient (Wildman–Crippen LogP) is 4.26. The Balaban J connectivity index is 1.70. The largest absolute Gasteiger partial charge is 0.393 e. The fourth-order valence-corrected chi connectivity index (χ4v) is 7.56. The van der Waals surface area contributed by atoms with Gasteiger partial charge in [0.1, 0.15) is 5.78 Å². The van der Waals surface area contributed by atoms with E-state index in [9.17, 15) is 15.2 Å². The summed E-state index contributed by atoms with van der Waals surface area (Å²) in [6, 6.07) is 2.47. The van der Waals surface area contributed by atoms with Gasteiger partial charge in [-0.3, -0.25) is 4.79 Å². The van der Waals surface area contributed by atoms with Crippen molar-refractivity contribution in [3.05, 3.63) is 11.6 Å². The molecule has 0 aromatic carbocycles. The molecular weight excluding hydrogens is 310 g/mol. The van der Waals surface area contributed by atoms with Gasteiger partial charge in [0.2, 0.25) is 0 Å². The van der Waals surface area contributed by atoms with Gasteiger partial charge in [-0.1, -0.05) is 25.5 Å². The van der Waals surface area contributed by atoms with E-state index in [1.54, 1.807) is 6.92 Å². The highest BCUT2D eigenvalue weighted by atomic mass is 16.3. The van der Waals surface area contributed by atoms with E-state index in [2.05, 4.69) is 26.0 Å². The quantitative estimate of drug-likeness (QED) is 0.725. The number of nitrogens with zero attached hydrogens (tertiary/aromatic N) is 1. The lowest BCUT2D eigenvalue weighted by atomic mass is 9.47. The normalized spacial score (nSPS) is 51.6. The third kappa shape index (κ3) is 2.29. The molecule has 3 heteroatoms. The Bertz CT molecular complexity index is 661. The van der Waals surface area contributed by atoms with Crippen LogP contribution in [0.3, 0.4) is 0 Å². The van der Waals surface area contributed by atoms with Gasteiger partial charge >= 0.3 is 0 Å². The van der Waals surface area contributed by atoms with Crippen LogP contribution in [0.4, 0.5) is 0 Å². The Morgan fingerprint density at radius 1 is 1.28 bits per heavy atom. The number of hydrogen-bond acceptors (Lipinski definition) is 3. The molecule has 0 amide bonds. The summed E-state index contributed by atoms with van der Waals surface area (Å²) in [6.45, 7) is 6.41. The molecule has 0 spiro atoms. The molecule has 0 saturated heterocycles. The lowest BCUT2D eigenvalue weighted by Gasteiger charge is -2.57. The average Bonchev–Trinajstić information content (AvgIpc) is 2.88. The van der Waals surface area contributed by atoms with Crippen LogP contribution in [0.5, 0.6) is 0 Å². The maximum atomic E-state index is 12.4.